The van der Waals surface area contributed by atoms with E-state index in [1.807, 2.05) is 47.9 Å². The smallest absolute Gasteiger partial charge is 0.242 e. The van der Waals surface area contributed by atoms with Crippen molar-refractivity contribution in [2.75, 3.05) is 0 Å². The molecule has 2 heterocycles. The van der Waals surface area contributed by atoms with E-state index < -0.39 is 11.0 Å². The van der Waals surface area contributed by atoms with Crippen LogP contribution in [0.1, 0.15) is 43.1 Å². The van der Waals surface area contributed by atoms with Gasteiger partial charge in [-0.05, 0) is 56.9 Å². The lowest BCUT2D eigenvalue weighted by Crippen LogP contribution is -2.45. The molecular weight excluding hydrogens is 382 g/mol. The van der Waals surface area contributed by atoms with E-state index >= 15 is 0 Å². The SMILES string of the molecule is Cc1ccc2c(-c3ccccc3)c3n(c2c1)C(=O)[C@](C)(CC(C)(C)O)c1ccccc1-3. The van der Waals surface area contributed by atoms with Gasteiger partial charge in [0.25, 0.3) is 0 Å². The molecule has 5 rings (SSSR count). The molecule has 0 amide bonds. The van der Waals surface area contributed by atoms with Crippen LogP contribution in [0.2, 0.25) is 0 Å². The van der Waals surface area contributed by atoms with E-state index in [1.165, 1.54) is 0 Å². The minimum absolute atomic E-state index is 0.0149. The zero-order valence-electron chi connectivity index (χ0n) is 18.4. The first-order valence-corrected chi connectivity index (χ1v) is 10.8. The fourth-order valence-electron chi connectivity index (χ4n) is 5.33. The van der Waals surface area contributed by atoms with Gasteiger partial charge in [0.15, 0.2) is 0 Å². The fraction of sp³-hybridized carbons (Fsp3) is 0.250. The van der Waals surface area contributed by atoms with Crippen LogP contribution >= 0.6 is 0 Å². The quantitative estimate of drug-likeness (QED) is 0.428. The first-order valence-electron chi connectivity index (χ1n) is 10.8. The molecule has 0 saturated heterocycles. The second-order valence-corrected chi connectivity index (χ2v) is 9.62. The second kappa shape index (κ2) is 6.66. The molecule has 0 aliphatic carbocycles. The molecule has 0 radical (unpaired) electrons. The number of aromatic nitrogens is 1. The van der Waals surface area contributed by atoms with Crippen molar-refractivity contribution in [2.24, 2.45) is 0 Å². The number of fused-ring (bicyclic) bond motifs is 5. The van der Waals surface area contributed by atoms with Crippen LogP contribution in [0, 0.1) is 6.92 Å². The van der Waals surface area contributed by atoms with Crippen LogP contribution in [0.15, 0.2) is 72.8 Å². The molecule has 1 aromatic heterocycles. The molecule has 0 fully saturated rings. The summed E-state index contributed by atoms with van der Waals surface area (Å²) in [5, 5.41) is 11.8. The molecule has 4 aromatic rings. The number of carbonyl (C=O) groups excluding carboxylic acids is 1. The number of hydrogen-bond acceptors (Lipinski definition) is 2. The van der Waals surface area contributed by atoms with Gasteiger partial charge in [0.1, 0.15) is 0 Å². The Labute approximate surface area is 183 Å². The number of benzene rings is 3. The molecule has 3 aromatic carbocycles. The van der Waals surface area contributed by atoms with Crippen LogP contribution in [-0.2, 0) is 5.41 Å². The third-order valence-electron chi connectivity index (χ3n) is 6.42. The van der Waals surface area contributed by atoms with Gasteiger partial charge >= 0.3 is 0 Å². The van der Waals surface area contributed by atoms with Crippen molar-refractivity contribution < 1.29 is 9.90 Å². The molecule has 0 saturated carbocycles. The lowest BCUT2D eigenvalue weighted by atomic mass is 9.70. The van der Waals surface area contributed by atoms with Crippen molar-refractivity contribution in [1.82, 2.24) is 4.57 Å². The average Bonchev–Trinajstić information content (AvgIpc) is 3.06. The normalized spacial score (nSPS) is 18.2. The predicted molar refractivity (Wildman–Crippen MR) is 126 cm³/mol. The van der Waals surface area contributed by atoms with Crippen LogP contribution in [0.5, 0.6) is 0 Å². The van der Waals surface area contributed by atoms with Gasteiger partial charge in [0.05, 0.1) is 22.2 Å². The topological polar surface area (TPSA) is 42.2 Å². The summed E-state index contributed by atoms with van der Waals surface area (Å²) >= 11 is 0. The van der Waals surface area contributed by atoms with Gasteiger partial charge in [-0.25, -0.2) is 0 Å². The molecule has 31 heavy (non-hydrogen) atoms. The third-order valence-corrected chi connectivity index (χ3v) is 6.42. The first-order chi connectivity index (χ1) is 14.7. The number of rotatable bonds is 3. The Hall–Kier alpha value is -3.17. The van der Waals surface area contributed by atoms with E-state index in [0.29, 0.717) is 6.42 Å². The van der Waals surface area contributed by atoms with E-state index in [9.17, 15) is 9.90 Å². The van der Waals surface area contributed by atoms with Gasteiger partial charge in [-0.1, -0.05) is 66.7 Å². The monoisotopic (exact) mass is 409 g/mol. The molecule has 156 valence electrons. The average molecular weight is 410 g/mol. The Balaban J connectivity index is 1.94. The maximum absolute atomic E-state index is 14.2. The van der Waals surface area contributed by atoms with Gasteiger partial charge in [0.2, 0.25) is 5.91 Å². The number of aliphatic hydroxyl groups is 1. The van der Waals surface area contributed by atoms with Crippen molar-refractivity contribution >= 4 is 16.8 Å². The minimum atomic E-state index is -0.976. The predicted octanol–water partition coefficient (Wildman–Crippen LogP) is 6.36. The van der Waals surface area contributed by atoms with E-state index in [0.717, 1.165) is 44.4 Å². The first kappa shape index (κ1) is 19.8. The summed E-state index contributed by atoms with van der Waals surface area (Å²) < 4.78 is 1.90. The van der Waals surface area contributed by atoms with E-state index in [4.69, 9.17) is 0 Å². The zero-order valence-corrected chi connectivity index (χ0v) is 18.4. The summed E-state index contributed by atoms with van der Waals surface area (Å²) in [5.74, 6) is 0.0149. The largest absolute Gasteiger partial charge is 0.390 e. The number of nitrogens with zero attached hydrogens (tertiary/aromatic N) is 1. The maximum atomic E-state index is 14.2. The molecular formula is C28H27NO2. The second-order valence-electron chi connectivity index (χ2n) is 9.62. The summed E-state index contributed by atoms with van der Waals surface area (Å²) in [5.41, 5.74) is 5.40. The molecule has 1 N–H and O–H groups in total. The molecule has 1 aliphatic heterocycles. The number of carbonyl (C=O) groups is 1. The minimum Gasteiger partial charge on any atom is -0.390 e. The summed E-state index contributed by atoms with van der Waals surface area (Å²) in [6, 6.07) is 24.8. The lowest BCUT2D eigenvalue weighted by Gasteiger charge is -2.39. The Morgan fingerprint density at radius 1 is 0.968 bits per heavy atom. The van der Waals surface area contributed by atoms with Gasteiger partial charge in [-0.2, -0.15) is 0 Å². The summed E-state index contributed by atoms with van der Waals surface area (Å²) in [6.45, 7) is 7.58. The van der Waals surface area contributed by atoms with Crippen LogP contribution < -0.4 is 0 Å². The molecule has 1 aliphatic rings. The summed E-state index contributed by atoms with van der Waals surface area (Å²) in [4.78, 5) is 14.2. The van der Waals surface area contributed by atoms with Crippen LogP contribution in [-0.4, -0.2) is 21.2 Å². The highest BCUT2D eigenvalue weighted by Gasteiger charge is 2.47. The number of hydrogen-bond donors (Lipinski definition) is 1. The molecule has 0 bridgehead atoms. The van der Waals surface area contributed by atoms with E-state index in [2.05, 4.69) is 43.3 Å². The van der Waals surface area contributed by atoms with Crippen LogP contribution in [0.25, 0.3) is 33.3 Å². The summed E-state index contributed by atoms with van der Waals surface area (Å²) in [7, 11) is 0. The van der Waals surface area contributed by atoms with Crippen molar-refractivity contribution in [2.45, 2.75) is 45.1 Å². The van der Waals surface area contributed by atoms with Crippen LogP contribution in [0.4, 0.5) is 0 Å². The highest BCUT2D eigenvalue weighted by atomic mass is 16.3. The standard InChI is InChI=1S/C28H27NO2/c1-18-14-15-21-23(16-18)29-25(24(21)19-10-6-5-7-11-19)20-12-8-9-13-22(20)28(4,26(29)30)17-27(2,3)31/h5-16,31H,17H2,1-4H3/t28-/m1/s1. The molecule has 3 heteroatoms. The van der Waals surface area contributed by atoms with Gasteiger partial charge in [0, 0.05) is 16.5 Å². The van der Waals surface area contributed by atoms with Crippen LogP contribution in [0.3, 0.4) is 0 Å². The molecule has 0 spiro atoms. The molecule has 3 nitrogen and oxygen atoms in total. The third kappa shape index (κ3) is 2.95. The lowest BCUT2D eigenvalue weighted by molar-refractivity contribution is 0.0378. The van der Waals surface area contributed by atoms with Crippen molar-refractivity contribution in [1.29, 1.82) is 0 Å². The molecule has 0 unspecified atom stereocenters. The fourth-order valence-corrected chi connectivity index (χ4v) is 5.33. The van der Waals surface area contributed by atoms with Crippen molar-refractivity contribution in [3.63, 3.8) is 0 Å². The summed E-state index contributed by atoms with van der Waals surface area (Å²) in [6.07, 6.45) is 0.349. The van der Waals surface area contributed by atoms with Gasteiger partial charge in [-0.3, -0.25) is 9.36 Å². The maximum Gasteiger partial charge on any atom is 0.242 e. The Bertz CT molecular complexity index is 1320. The highest BCUT2D eigenvalue weighted by Crippen LogP contribution is 2.50. The zero-order chi connectivity index (χ0) is 22.0. The molecule has 1 atom stereocenters. The van der Waals surface area contributed by atoms with Crippen molar-refractivity contribution in [3.8, 4) is 22.4 Å². The van der Waals surface area contributed by atoms with E-state index in [-0.39, 0.29) is 5.91 Å². The highest BCUT2D eigenvalue weighted by molar-refractivity contribution is 6.14. The van der Waals surface area contributed by atoms with Gasteiger partial charge in [-0.15, -0.1) is 0 Å². The Kier molecular flexibility index (Phi) is 4.25. The van der Waals surface area contributed by atoms with Gasteiger partial charge < -0.3 is 5.11 Å². The Morgan fingerprint density at radius 2 is 1.65 bits per heavy atom. The number of aryl methyl sites for hydroxylation is 1. The van der Waals surface area contributed by atoms with Crippen molar-refractivity contribution in [3.05, 3.63) is 83.9 Å². The van der Waals surface area contributed by atoms with E-state index in [1.54, 1.807) is 13.8 Å². The Morgan fingerprint density at radius 3 is 2.35 bits per heavy atom.